The Hall–Kier alpha value is -2.13. The number of fused-ring (bicyclic) bond motifs is 1. The second kappa shape index (κ2) is 9.02. The van der Waals surface area contributed by atoms with Crippen molar-refractivity contribution < 1.29 is 24.8 Å². The highest BCUT2D eigenvalue weighted by atomic mass is 32.2. The van der Waals surface area contributed by atoms with E-state index in [0.717, 1.165) is 26.4 Å². The summed E-state index contributed by atoms with van der Waals surface area (Å²) in [5, 5.41) is 40.2. The van der Waals surface area contributed by atoms with Crippen molar-refractivity contribution in [2.75, 3.05) is 13.7 Å². The summed E-state index contributed by atoms with van der Waals surface area (Å²) in [5.41, 5.74) is 3.14. The fraction of sp³-hybridized carbons (Fsp3) is 0.368. The van der Waals surface area contributed by atoms with E-state index in [1.807, 2.05) is 18.2 Å². The molecule has 0 amide bonds. The predicted molar refractivity (Wildman–Crippen MR) is 120 cm³/mol. The van der Waals surface area contributed by atoms with E-state index in [1.54, 1.807) is 35.5 Å². The lowest BCUT2D eigenvalue weighted by Gasteiger charge is -2.43. The SMILES string of the molecule is CO[C@@H]1[C@@H](n2cc(-c3csc(O)n3)nn2)[C@@H](O)[C@@H](CO)O[C@@H]1Sc1ccc2ncsc2c1. The third-order valence-corrected chi connectivity index (χ3v) is 7.79. The summed E-state index contributed by atoms with van der Waals surface area (Å²) in [6.45, 7) is -0.361. The van der Waals surface area contributed by atoms with Crippen LogP contribution in [0.15, 0.2) is 40.2 Å². The van der Waals surface area contributed by atoms with Gasteiger partial charge in [-0.15, -0.1) is 16.4 Å². The molecular formula is C19H19N5O5S3. The average molecular weight is 494 g/mol. The lowest BCUT2D eigenvalue weighted by molar-refractivity contribution is -0.186. The number of nitrogens with zero attached hydrogens (tertiary/aromatic N) is 5. The Morgan fingerprint density at radius 1 is 1.28 bits per heavy atom. The van der Waals surface area contributed by atoms with Gasteiger partial charge < -0.3 is 24.8 Å². The molecule has 0 spiro atoms. The fourth-order valence-electron chi connectivity index (χ4n) is 3.67. The highest BCUT2D eigenvalue weighted by molar-refractivity contribution is 7.99. The molecule has 4 heterocycles. The highest BCUT2D eigenvalue weighted by Gasteiger charge is 2.47. The Morgan fingerprint density at radius 3 is 2.91 bits per heavy atom. The first-order valence-electron chi connectivity index (χ1n) is 9.61. The van der Waals surface area contributed by atoms with Gasteiger partial charge >= 0.3 is 0 Å². The van der Waals surface area contributed by atoms with Gasteiger partial charge in [-0.2, -0.15) is 0 Å². The third kappa shape index (κ3) is 4.01. The van der Waals surface area contributed by atoms with Gasteiger partial charge in [-0.25, -0.2) is 14.6 Å². The molecule has 0 aliphatic carbocycles. The summed E-state index contributed by atoms with van der Waals surface area (Å²) >= 11 is 4.09. The van der Waals surface area contributed by atoms with Crippen LogP contribution >= 0.6 is 34.4 Å². The summed E-state index contributed by atoms with van der Waals surface area (Å²) in [5.74, 6) is 0. The second-order valence-corrected chi connectivity index (χ2v) is 10.0. The predicted octanol–water partition coefficient (Wildman–Crippen LogP) is 2.14. The Labute approximate surface area is 194 Å². The van der Waals surface area contributed by atoms with Crippen LogP contribution in [0.4, 0.5) is 0 Å². The molecule has 1 aliphatic heterocycles. The molecule has 5 rings (SSSR count). The number of rotatable bonds is 6. The number of hydrogen-bond acceptors (Lipinski definition) is 12. The molecule has 0 unspecified atom stereocenters. The minimum Gasteiger partial charge on any atom is -0.486 e. The van der Waals surface area contributed by atoms with Crippen molar-refractivity contribution in [3.8, 4) is 16.6 Å². The molecule has 0 bridgehead atoms. The van der Waals surface area contributed by atoms with E-state index in [0.29, 0.717) is 11.4 Å². The van der Waals surface area contributed by atoms with Crippen molar-refractivity contribution in [2.45, 2.75) is 34.7 Å². The Kier molecular flexibility index (Phi) is 6.11. The molecular weight excluding hydrogens is 474 g/mol. The zero-order valence-corrected chi connectivity index (χ0v) is 19.1. The van der Waals surface area contributed by atoms with E-state index in [9.17, 15) is 15.3 Å². The number of aliphatic hydroxyl groups excluding tert-OH is 2. The number of aliphatic hydroxyl groups is 2. The molecule has 10 nitrogen and oxygen atoms in total. The molecule has 168 valence electrons. The zero-order valence-electron chi connectivity index (χ0n) is 16.7. The van der Waals surface area contributed by atoms with Crippen LogP contribution in [0.1, 0.15) is 6.04 Å². The van der Waals surface area contributed by atoms with Gasteiger partial charge in [0.05, 0.1) is 28.5 Å². The highest BCUT2D eigenvalue weighted by Crippen LogP contribution is 2.40. The molecule has 32 heavy (non-hydrogen) atoms. The number of benzene rings is 1. The van der Waals surface area contributed by atoms with Crippen LogP contribution < -0.4 is 0 Å². The van der Waals surface area contributed by atoms with Gasteiger partial charge in [0.2, 0.25) is 0 Å². The maximum Gasteiger partial charge on any atom is 0.271 e. The molecule has 1 saturated heterocycles. The smallest absolute Gasteiger partial charge is 0.271 e. The van der Waals surface area contributed by atoms with Crippen molar-refractivity contribution in [1.29, 1.82) is 0 Å². The van der Waals surface area contributed by atoms with E-state index in [-0.39, 0.29) is 11.8 Å². The number of ether oxygens (including phenoxy) is 2. The Morgan fingerprint density at radius 2 is 2.16 bits per heavy atom. The molecule has 1 aliphatic rings. The number of thiazole rings is 2. The molecule has 0 saturated carbocycles. The minimum absolute atomic E-state index is 0.0647. The van der Waals surface area contributed by atoms with Crippen molar-refractivity contribution in [2.24, 2.45) is 0 Å². The first kappa shape index (κ1) is 21.7. The molecule has 5 atom stereocenters. The van der Waals surface area contributed by atoms with Crippen LogP contribution in [0, 0.1) is 0 Å². The third-order valence-electron chi connectivity index (χ3n) is 5.22. The standard InChI is InChI=1S/C19H19N5O5S3/c1-28-17-15(24-5-11(22-23-24)12-7-30-19(27)21-12)16(26)13(6-25)29-18(17)32-9-2-3-10-14(4-9)31-8-20-10/h2-5,7-8,13,15-18,25-26H,6H2,1H3,(H,21,27)/t13-,15+,16+,17-,18-/m1/s1. The second-order valence-electron chi connectivity index (χ2n) is 7.11. The van der Waals surface area contributed by atoms with Crippen molar-refractivity contribution in [1.82, 2.24) is 25.0 Å². The largest absolute Gasteiger partial charge is 0.486 e. The van der Waals surface area contributed by atoms with Crippen LogP contribution in [0.3, 0.4) is 0 Å². The average Bonchev–Trinajstić information content (AvgIpc) is 3.54. The summed E-state index contributed by atoms with van der Waals surface area (Å²) in [6.07, 6.45) is -0.858. The van der Waals surface area contributed by atoms with E-state index in [1.165, 1.54) is 16.4 Å². The lowest BCUT2D eigenvalue weighted by Crippen LogP contribution is -2.55. The van der Waals surface area contributed by atoms with Gasteiger partial charge in [0.25, 0.3) is 5.19 Å². The maximum atomic E-state index is 10.9. The van der Waals surface area contributed by atoms with Gasteiger partial charge in [-0.05, 0) is 18.2 Å². The first-order valence-corrected chi connectivity index (χ1v) is 12.2. The van der Waals surface area contributed by atoms with Gasteiger partial charge in [-0.1, -0.05) is 28.3 Å². The number of hydrogen-bond donors (Lipinski definition) is 3. The van der Waals surface area contributed by atoms with Gasteiger partial charge in [0, 0.05) is 17.4 Å². The quantitative estimate of drug-likeness (QED) is 0.366. The van der Waals surface area contributed by atoms with Crippen LogP contribution in [-0.4, -0.2) is 77.7 Å². The van der Waals surface area contributed by atoms with Gasteiger partial charge in [0.15, 0.2) is 0 Å². The lowest BCUT2D eigenvalue weighted by atomic mass is 9.97. The van der Waals surface area contributed by atoms with E-state index < -0.39 is 29.8 Å². The maximum absolute atomic E-state index is 10.9. The molecule has 3 aromatic heterocycles. The van der Waals surface area contributed by atoms with Crippen LogP contribution in [-0.2, 0) is 9.47 Å². The number of aromatic hydroxyl groups is 1. The van der Waals surface area contributed by atoms with E-state index in [2.05, 4.69) is 20.3 Å². The summed E-state index contributed by atoms with van der Waals surface area (Å²) in [4.78, 5) is 9.27. The van der Waals surface area contributed by atoms with Gasteiger partial charge in [-0.3, -0.25) is 0 Å². The molecule has 4 aromatic rings. The van der Waals surface area contributed by atoms with Crippen LogP contribution in [0.25, 0.3) is 21.6 Å². The van der Waals surface area contributed by atoms with Crippen LogP contribution in [0.5, 0.6) is 5.19 Å². The topological polar surface area (TPSA) is 136 Å². The zero-order chi connectivity index (χ0) is 22.2. The summed E-state index contributed by atoms with van der Waals surface area (Å²) in [6, 6.07) is 5.27. The first-order chi connectivity index (χ1) is 15.6. The summed E-state index contributed by atoms with van der Waals surface area (Å²) in [7, 11) is 1.54. The van der Waals surface area contributed by atoms with E-state index >= 15 is 0 Å². The fourth-order valence-corrected chi connectivity index (χ4v) is 6.21. The van der Waals surface area contributed by atoms with Crippen molar-refractivity contribution in [3.63, 3.8) is 0 Å². The molecule has 1 fully saturated rings. The Bertz CT molecular complexity index is 1210. The van der Waals surface area contributed by atoms with Crippen LogP contribution in [0.2, 0.25) is 0 Å². The monoisotopic (exact) mass is 493 g/mol. The molecule has 13 heteroatoms. The summed E-state index contributed by atoms with van der Waals surface area (Å²) < 4.78 is 14.3. The van der Waals surface area contributed by atoms with Crippen molar-refractivity contribution >= 4 is 44.7 Å². The normalized spacial score (nSPS) is 26.0. The number of methoxy groups -OCH3 is 1. The molecule has 3 N–H and O–H groups in total. The van der Waals surface area contributed by atoms with Gasteiger partial charge in [0.1, 0.15) is 41.2 Å². The van der Waals surface area contributed by atoms with E-state index in [4.69, 9.17) is 9.47 Å². The number of aromatic nitrogens is 5. The molecule has 1 aromatic carbocycles. The molecule has 0 radical (unpaired) electrons. The van der Waals surface area contributed by atoms with Crippen molar-refractivity contribution in [3.05, 3.63) is 35.3 Å². The Balaban J connectivity index is 1.45. The number of thioether (sulfide) groups is 1. The minimum atomic E-state index is -1.08.